The molecule has 0 aromatic heterocycles. The Bertz CT molecular complexity index is 204. The highest BCUT2D eigenvalue weighted by atomic mass is 16.5. The number of carbonyl (C=O) groups is 1. The van der Waals surface area contributed by atoms with Crippen LogP contribution in [-0.4, -0.2) is 25.3 Å². The summed E-state index contributed by atoms with van der Waals surface area (Å²) in [6.45, 7) is 2.56. The van der Waals surface area contributed by atoms with E-state index in [1.807, 2.05) is 6.92 Å². The fraction of sp³-hybridized carbons (Fsp3) is 0.667. The van der Waals surface area contributed by atoms with Gasteiger partial charge in [-0.25, -0.2) is 0 Å². The lowest BCUT2D eigenvalue weighted by molar-refractivity contribution is -0.148. The molecule has 66 valence electrons. The SMILES string of the molecule is C#CCOC(=O)C1CCOC1C. The fourth-order valence-electron chi connectivity index (χ4n) is 1.26. The predicted octanol–water partition coefficient (Wildman–Crippen LogP) is 0.588. The molecular weight excluding hydrogens is 156 g/mol. The molecule has 0 radical (unpaired) electrons. The first kappa shape index (κ1) is 9.08. The van der Waals surface area contributed by atoms with Crippen molar-refractivity contribution >= 4 is 5.97 Å². The van der Waals surface area contributed by atoms with E-state index < -0.39 is 0 Å². The second kappa shape index (κ2) is 4.13. The van der Waals surface area contributed by atoms with Gasteiger partial charge >= 0.3 is 5.97 Å². The van der Waals surface area contributed by atoms with Crippen LogP contribution in [0.15, 0.2) is 0 Å². The highest BCUT2D eigenvalue weighted by Gasteiger charge is 2.31. The minimum atomic E-state index is -0.238. The van der Waals surface area contributed by atoms with Crippen LogP contribution < -0.4 is 0 Å². The molecule has 1 aliphatic rings. The van der Waals surface area contributed by atoms with Gasteiger partial charge in [-0.3, -0.25) is 4.79 Å². The second-order valence-corrected chi connectivity index (χ2v) is 2.78. The molecule has 3 nitrogen and oxygen atoms in total. The standard InChI is InChI=1S/C9H12O3/c1-3-5-12-9(10)8-4-6-11-7(8)2/h1,7-8H,4-6H2,2H3. The lowest BCUT2D eigenvalue weighted by Crippen LogP contribution is -2.23. The Labute approximate surface area is 72.0 Å². The quantitative estimate of drug-likeness (QED) is 0.447. The minimum absolute atomic E-state index is 0.0322. The molecule has 2 unspecified atom stereocenters. The maximum Gasteiger partial charge on any atom is 0.312 e. The molecule has 0 N–H and O–H groups in total. The maximum absolute atomic E-state index is 11.2. The molecule has 1 rings (SSSR count). The lowest BCUT2D eigenvalue weighted by Gasteiger charge is -2.11. The third kappa shape index (κ3) is 1.99. The van der Waals surface area contributed by atoms with Crippen LogP contribution in [0, 0.1) is 18.3 Å². The van der Waals surface area contributed by atoms with Crippen molar-refractivity contribution < 1.29 is 14.3 Å². The molecule has 1 fully saturated rings. The van der Waals surface area contributed by atoms with Gasteiger partial charge in [0.1, 0.15) is 0 Å². The van der Waals surface area contributed by atoms with Crippen LogP contribution in [0.4, 0.5) is 0 Å². The Balaban J connectivity index is 2.37. The first-order valence-corrected chi connectivity index (χ1v) is 3.97. The van der Waals surface area contributed by atoms with Crippen LogP contribution in [0.2, 0.25) is 0 Å². The summed E-state index contributed by atoms with van der Waals surface area (Å²) in [5.41, 5.74) is 0. The van der Waals surface area contributed by atoms with Crippen LogP contribution in [-0.2, 0) is 14.3 Å². The van der Waals surface area contributed by atoms with Crippen molar-refractivity contribution in [1.82, 2.24) is 0 Å². The van der Waals surface area contributed by atoms with Gasteiger partial charge in [-0.15, -0.1) is 6.42 Å². The summed E-state index contributed by atoms with van der Waals surface area (Å²) in [4.78, 5) is 11.2. The first-order chi connectivity index (χ1) is 5.75. The van der Waals surface area contributed by atoms with Gasteiger partial charge < -0.3 is 9.47 Å². The van der Waals surface area contributed by atoms with Crippen LogP contribution in [0.3, 0.4) is 0 Å². The average Bonchev–Trinajstić information content (AvgIpc) is 2.47. The molecule has 2 atom stereocenters. The van der Waals surface area contributed by atoms with Gasteiger partial charge in [-0.1, -0.05) is 5.92 Å². The number of carbonyl (C=O) groups excluding carboxylic acids is 1. The molecule has 0 amide bonds. The Morgan fingerprint density at radius 1 is 1.83 bits per heavy atom. The summed E-state index contributed by atoms with van der Waals surface area (Å²) in [5, 5.41) is 0. The van der Waals surface area contributed by atoms with E-state index in [1.54, 1.807) is 0 Å². The van der Waals surface area contributed by atoms with E-state index in [0.29, 0.717) is 6.61 Å². The zero-order chi connectivity index (χ0) is 8.97. The van der Waals surface area contributed by atoms with Crippen LogP contribution in [0.5, 0.6) is 0 Å². The predicted molar refractivity (Wildman–Crippen MR) is 43.3 cm³/mol. The van der Waals surface area contributed by atoms with Crippen LogP contribution >= 0.6 is 0 Å². The van der Waals surface area contributed by atoms with Crippen LogP contribution in [0.1, 0.15) is 13.3 Å². The summed E-state index contributed by atoms with van der Waals surface area (Å²) >= 11 is 0. The van der Waals surface area contributed by atoms with Crippen molar-refractivity contribution in [3.63, 3.8) is 0 Å². The van der Waals surface area contributed by atoms with Gasteiger partial charge in [0.2, 0.25) is 0 Å². The molecule has 0 saturated carbocycles. The fourth-order valence-corrected chi connectivity index (χ4v) is 1.26. The van der Waals surface area contributed by atoms with Gasteiger partial charge in [0.15, 0.2) is 6.61 Å². The molecule has 1 saturated heterocycles. The lowest BCUT2D eigenvalue weighted by atomic mass is 10.0. The Hall–Kier alpha value is -1.01. The molecule has 1 heterocycles. The largest absolute Gasteiger partial charge is 0.452 e. The normalized spacial score (nSPS) is 28.0. The van der Waals surface area contributed by atoms with Crippen molar-refractivity contribution in [2.45, 2.75) is 19.4 Å². The minimum Gasteiger partial charge on any atom is -0.452 e. The average molecular weight is 168 g/mol. The summed E-state index contributed by atoms with van der Waals surface area (Å²) in [5.74, 6) is 1.89. The van der Waals surface area contributed by atoms with Crippen molar-refractivity contribution in [3.8, 4) is 12.3 Å². The summed E-state index contributed by atoms with van der Waals surface area (Å²) in [7, 11) is 0. The van der Waals surface area contributed by atoms with E-state index in [0.717, 1.165) is 6.42 Å². The first-order valence-electron chi connectivity index (χ1n) is 3.97. The smallest absolute Gasteiger partial charge is 0.312 e. The van der Waals surface area contributed by atoms with Gasteiger partial charge in [0, 0.05) is 6.61 Å². The zero-order valence-electron chi connectivity index (χ0n) is 7.08. The molecule has 0 bridgehead atoms. The number of hydrogen-bond acceptors (Lipinski definition) is 3. The Morgan fingerprint density at radius 2 is 2.58 bits per heavy atom. The van der Waals surface area contributed by atoms with Crippen molar-refractivity contribution in [2.75, 3.05) is 13.2 Å². The molecule has 3 heteroatoms. The number of terminal acetylenes is 1. The zero-order valence-corrected chi connectivity index (χ0v) is 7.08. The summed E-state index contributed by atoms with van der Waals surface area (Å²) < 4.78 is 10.0. The summed E-state index contributed by atoms with van der Waals surface area (Å²) in [6.07, 6.45) is 5.66. The van der Waals surface area contributed by atoms with E-state index >= 15 is 0 Å². The molecule has 0 aliphatic carbocycles. The second-order valence-electron chi connectivity index (χ2n) is 2.78. The van der Waals surface area contributed by atoms with Crippen molar-refractivity contribution in [3.05, 3.63) is 0 Å². The highest BCUT2D eigenvalue weighted by Crippen LogP contribution is 2.21. The third-order valence-corrected chi connectivity index (χ3v) is 1.98. The Morgan fingerprint density at radius 3 is 3.08 bits per heavy atom. The van der Waals surface area contributed by atoms with E-state index in [4.69, 9.17) is 15.9 Å². The van der Waals surface area contributed by atoms with Gasteiger partial charge in [-0.2, -0.15) is 0 Å². The Kier molecular flexibility index (Phi) is 3.12. The third-order valence-electron chi connectivity index (χ3n) is 1.98. The topological polar surface area (TPSA) is 35.5 Å². The van der Waals surface area contributed by atoms with Crippen molar-refractivity contribution in [1.29, 1.82) is 0 Å². The van der Waals surface area contributed by atoms with Gasteiger partial charge in [-0.05, 0) is 13.3 Å². The van der Waals surface area contributed by atoms with Crippen LogP contribution in [0.25, 0.3) is 0 Å². The number of esters is 1. The van der Waals surface area contributed by atoms with E-state index in [1.165, 1.54) is 0 Å². The molecule has 0 spiro atoms. The number of hydrogen-bond donors (Lipinski definition) is 0. The van der Waals surface area contributed by atoms with E-state index in [2.05, 4.69) is 5.92 Å². The summed E-state index contributed by atoms with van der Waals surface area (Å²) in [6, 6.07) is 0. The van der Waals surface area contributed by atoms with Gasteiger partial charge in [0.25, 0.3) is 0 Å². The molecule has 12 heavy (non-hydrogen) atoms. The maximum atomic E-state index is 11.2. The number of ether oxygens (including phenoxy) is 2. The molecular formula is C9H12O3. The van der Waals surface area contributed by atoms with Gasteiger partial charge in [0.05, 0.1) is 12.0 Å². The molecule has 0 aromatic rings. The van der Waals surface area contributed by atoms with E-state index in [9.17, 15) is 4.79 Å². The van der Waals surface area contributed by atoms with Crippen molar-refractivity contribution in [2.24, 2.45) is 5.92 Å². The molecule has 1 aliphatic heterocycles. The molecule has 0 aromatic carbocycles. The van der Waals surface area contributed by atoms with E-state index in [-0.39, 0.29) is 24.6 Å². The number of rotatable bonds is 2. The monoisotopic (exact) mass is 168 g/mol. The highest BCUT2D eigenvalue weighted by molar-refractivity contribution is 5.73.